The van der Waals surface area contributed by atoms with Crippen LogP contribution in [0.1, 0.15) is 44.0 Å². The van der Waals surface area contributed by atoms with Crippen molar-refractivity contribution in [3.05, 3.63) is 42.0 Å². The number of esters is 1. The van der Waals surface area contributed by atoms with Crippen molar-refractivity contribution in [2.75, 3.05) is 37.2 Å². The van der Waals surface area contributed by atoms with Crippen molar-refractivity contribution in [2.45, 2.75) is 45.8 Å². The molecule has 3 heterocycles. The third-order valence-electron chi connectivity index (χ3n) is 7.13. The minimum atomic E-state index is -0.385. The molecule has 0 saturated carbocycles. The third-order valence-corrected chi connectivity index (χ3v) is 7.13. The molecule has 1 saturated heterocycles. The number of carbonyl (C=O) groups is 2. The number of aromatic nitrogens is 2. The molecule has 0 aliphatic carbocycles. The molecule has 1 atom stereocenters. The van der Waals surface area contributed by atoms with Gasteiger partial charge in [0.05, 0.1) is 41.7 Å². The lowest BCUT2D eigenvalue weighted by Crippen LogP contribution is -2.53. The summed E-state index contributed by atoms with van der Waals surface area (Å²) in [7, 11) is 3.08. The van der Waals surface area contributed by atoms with Crippen LogP contribution in [0.2, 0.25) is 0 Å². The third kappa shape index (κ3) is 3.67. The number of nitrogens with zero attached hydrogens (tertiary/aromatic N) is 4. The van der Waals surface area contributed by atoms with Crippen molar-refractivity contribution < 1.29 is 19.1 Å². The number of rotatable bonds is 7. The van der Waals surface area contributed by atoms with Gasteiger partial charge in [-0.3, -0.25) is 9.69 Å². The molecular weight excluding hydrogens is 444 g/mol. The average Bonchev–Trinajstić information content (AvgIpc) is 3.43. The highest BCUT2D eigenvalue weighted by Gasteiger charge is 2.52. The highest BCUT2D eigenvalue weighted by Crippen LogP contribution is 2.51. The molecule has 0 bridgehead atoms. The predicted molar refractivity (Wildman–Crippen MR) is 136 cm³/mol. The van der Waals surface area contributed by atoms with Crippen LogP contribution in [-0.2, 0) is 20.8 Å². The van der Waals surface area contributed by atoms with Crippen molar-refractivity contribution in [2.24, 2.45) is 5.92 Å². The Morgan fingerprint density at radius 2 is 1.94 bits per heavy atom. The van der Waals surface area contributed by atoms with Crippen LogP contribution in [0, 0.1) is 5.92 Å². The summed E-state index contributed by atoms with van der Waals surface area (Å²) in [6.45, 7) is 8.56. The fourth-order valence-corrected chi connectivity index (χ4v) is 5.50. The van der Waals surface area contributed by atoms with Crippen LogP contribution in [0.25, 0.3) is 22.4 Å². The minimum absolute atomic E-state index is 0.143. The number of carbonyl (C=O) groups excluding carboxylic acids is 2. The largest absolute Gasteiger partial charge is 0.465 e. The molecular formula is C27H32N4O4. The number of amides is 1. The standard InChI is InChI=1S/C27H32N4O4/c1-17(2)16-29-21-8-7-19(26(33)35-5)14-20(21)28-25(29)18-6-9-22-23(15-18)31-24(32)10-11-27(31,3)30(22)12-13-34-4/h6-9,14-15,17H,10-13,16H2,1-5H3. The summed E-state index contributed by atoms with van der Waals surface area (Å²) in [6.07, 6.45) is 1.31. The van der Waals surface area contributed by atoms with E-state index < -0.39 is 0 Å². The molecule has 0 N–H and O–H groups in total. The summed E-state index contributed by atoms with van der Waals surface area (Å²) in [6, 6.07) is 11.7. The maximum Gasteiger partial charge on any atom is 0.337 e. The minimum Gasteiger partial charge on any atom is -0.465 e. The van der Waals surface area contributed by atoms with Crippen molar-refractivity contribution in [1.29, 1.82) is 0 Å². The summed E-state index contributed by atoms with van der Waals surface area (Å²) in [5.74, 6) is 0.979. The summed E-state index contributed by atoms with van der Waals surface area (Å²) in [4.78, 5) is 34.3. The van der Waals surface area contributed by atoms with E-state index in [2.05, 4.69) is 48.4 Å². The molecule has 5 rings (SSSR count). The monoisotopic (exact) mass is 476 g/mol. The topological polar surface area (TPSA) is 76.9 Å². The number of ether oxygens (including phenoxy) is 2. The average molecular weight is 477 g/mol. The lowest BCUT2D eigenvalue weighted by atomic mass is 10.1. The normalized spacial score (nSPS) is 19.1. The van der Waals surface area contributed by atoms with E-state index >= 15 is 0 Å². The van der Waals surface area contributed by atoms with Crippen LogP contribution in [0.15, 0.2) is 36.4 Å². The van der Waals surface area contributed by atoms with E-state index in [4.69, 9.17) is 14.5 Å². The van der Waals surface area contributed by atoms with E-state index in [0.29, 0.717) is 31.1 Å². The fraction of sp³-hybridized carbons (Fsp3) is 0.444. The van der Waals surface area contributed by atoms with Gasteiger partial charge in [0.15, 0.2) is 0 Å². The first kappa shape index (κ1) is 23.4. The second-order valence-electron chi connectivity index (χ2n) is 9.93. The van der Waals surface area contributed by atoms with Crippen molar-refractivity contribution in [3.63, 3.8) is 0 Å². The lowest BCUT2D eigenvalue weighted by Gasteiger charge is -2.37. The number of fused-ring (bicyclic) bond motifs is 4. The van der Waals surface area contributed by atoms with E-state index in [1.54, 1.807) is 19.2 Å². The van der Waals surface area contributed by atoms with Gasteiger partial charge in [-0.25, -0.2) is 9.78 Å². The van der Waals surface area contributed by atoms with Gasteiger partial charge in [-0.1, -0.05) is 13.8 Å². The summed E-state index contributed by atoms with van der Waals surface area (Å²) in [5, 5.41) is 0. The molecule has 35 heavy (non-hydrogen) atoms. The molecule has 8 nitrogen and oxygen atoms in total. The van der Waals surface area contributed by atoms with Gasteiger partial charge >= 0.3 is 5.97 Å². The summed E-state index contributed by atoms with van der Waals surface area (Å²) >= 11 is 0. The second-order valence-corrected chi connectivity index (χ2v) is 9.93. The Morgan fingerprint density at radius 3 is 2.66 bits per heavy atom. The van der Waals surface area contributed by atoms with E-state index in [-0.39, 0.29) is 17.5 Å². The van der Waals surface area contributed by atoms with Crippen LogP contribution in [0.5, 0.6) is 0 Å². The van der Waals surface area contributed by atoms with Gasteiger partial charge in [0.25, 0.3) is 0 Å². The van der Waals surface area contributed by atoms with E-state index in [9.17, 15) is 9.59 Å². The first-order valence-electron chi connectivity index (χ1n) is 12.1. The first-order valence-corrected chi connectivity index (χ1v) is 12.1. The molecule has 8 heteroatoms. The molecule has 2 aliphatic heterocycles. The maximum atomic E-state index is 13.0. The number of methoxy groups -OCH3 is 2. The fourth-order valence-electron chi connectivity index (χ4n) is 5.50. The Labute approximate surface area is 205 Å². The molecule has 0 radical (unpaired) electrons. The van der Waals surface area contributed by atoms with Gasteiger partial charge in [0, 0.05) is 32.2 Å². The molecule has 1 amide bonds. The molecule has 1 unspecified atom stereocenters. The Balaban J connectivity index is 1.65. The number of benzene rings is 2. The van der Waals surface area contributed by atoms with Crippen LogP contribution >= 0.6 is 0 Å². The lowest BCUT2D eigenvalue weighted by molar-refractivity contribution is -0.117. The predicted octanol–water partition coefficient (Wildman–Crippen LogP) is 4.46. The number of hydrogen-bond donors (Lipinski definition) is 0. The zero-order valence-electron chi connectivity index (χ0n) is 21.0. The smallest absolute Gasteiger partial charge is 0.337 e. The van der Waals surface area contributed by atoms with Crippen LogP contribution < -0.4 is 9.80 Å². The maximum absolute atomic E-state index is 13.0. The number of hydrogen-bond acceptors (Lipinski definition) is 6. The molecule has 3 aromatic rings. The number of imidazole rings is 1. The second kappa shape index (κ2) is 8.68. The van der Waals surface area contributed by atoms with Gasteiger partial charge < -0.3 is 18.9 Å². The zero-order valence-corrected chi connectivity index (χ0v) is 21.0. The van der Waals surface area contributed by atoms with Gasteiger partial charge in [-0.15, -0.1) is 0 Å². The molecule has 184 valence electrons. The molecule has 0 spiro atoms. The summed E-state index contributed by atoms with van der Waals surface area (Å²) in [5.41, 5.74) is 4.70. The molecule has 1 aromatic heterocycles. The van der Waals surface area contributed by atoms with Crippen LogP contribution in [0.3, 0.4) is 0 Å². The highest BCUT2D eigenvalue weighted by molar-refractivity contribution is 6.05. The van der Waals surface area contributed by atoms with Crippen molar-refractivity contribution in [1.82, 2.24) is 9.55 Å². The van der Waals surface area contributed by atoms with Gasteiger partial charge in [-0.2, -0.15) is 0 Å². The Bertz CT molecular complexity index is 1310. The Hall–Kier alpha value is -3.39. The quantitative estimate of drug-likeness (QED) is 0.469. The molecule has 1 fully saturated rings. The van der Waals surface area contributed by atoms with Crippen molar-refractivity contribution in [3.8, 4) is 11.4 Å². The number of anilines is 2. The Morgan fingerprint density at radius 1 is 1.14 bits per heavy atom. The van der Waals surface area contributed by atoms with E-state index in [1.807, 2.05) is 11.0 Å². The van der Waals surface area contributed by atoms with Crippen LogP contribution in [-0.4, -0.2) is 54.5 Å². The van der Waals surface area contributed by atoms with Crippen molar-refractivity contribution >= 4 is 34.3 Å². The highest BCUT2D eigenvalue weighted by atomic mass is 16.5. The van der Waals surface area contributed by atoms with Gasteiger partial charge in [-0.05, 0) is 55.7 Å². The molecule has 2 aliphatic rings. The van der Waals surface area contributed by atoms with E-state index in [1.165, 1.54) is 7.11 Å². The van der Waals surface area contributed by atoms with Gasteiger partial charge in [0.1, 0.15) is 11.5 Å². The SMILES string of the molecule is COCCN1c2ccc(-c3nc4cc(C(=O)OC)ccc4n3CC(C)C)cc2N2C(=O)CCC12C. The van der Waals surface area contributed by atoms with Gasteiger partial charge in [0.2, 0.25) is 5.91 Å². The zero-order chi connectivity index (χ0) is 24.9. The molecule has 2 aromatic carbocycles. The van der Waals surface area contributed by atoms with E-state index in [0.717, 1.165) is 46.8 Å². The van der Waals surface area contributed by atoms with Crippen LogP contribution in [0.4, 0.5) is 11.4 Å². The Kier molecular flexibility index (Phi) is 5.79. The first-order chi connectivity index (χ1) is 16.8. The summed E-state index contributed by atoms with van der Waals surface area (Å²) < 4.78 is 12.5.